The molecule has 0 unspecified atom stereocenters. The molecule has 0 atom stereocenters. The smallest absolute Gasteiger partial charge is 0.165 e. The summed E-state index contributed by atoms with van der Waals surface area (Å²) in [7, 11) is 0. The quantitative estimate of drug-likeness (QED) is 0.685. The Morgan fingerprint density at radius 3 is 2.60 bits per heavy atom. The highest BCUT2D eigenvalue weighted by Crippen LogP contribution is 2.24. The zero-order chi connectivity index (χ0) is 13.9. The van der Waals surface area contributed by atoms with Gasteiger partial charge in [0.25, 0.3) is 0 Å². The van der Waals surface area contributed by atoms with Crippen LogP contribution in [0.25, 0.3) is 10.9 Å². The molecule has 2 aromatic carbocycles. The van der Waals surface area contributed by atoms with Crippen molar-refractivity contribution >= 4 is 10.9 Å². The molecule has 2 nitrogen and oxygen atoms in total. The van der Waals surface area contributed by atoms with E-state index >= 15 is 0 Å². The zero-order valence-corrected chi connectivity index (χ0v) is 11.3. The van der Waals surface area contributed by atoms with Crippen LogP contribution in [0.15, 0.2) is 54.7 Å². The number of nitrogens with zero attached hydrogens (tertiary/aromatic N) is 1. The Bertz CT molecular complexity index is 733. The molecule has 0 aliphatic rings. The Hall–Kier alpha value is -2.29. The summed E-state index contributed by atoms with van der Waals surface area (Å²) in [5.41, 5.74) is 2.26. The summed E-state index contributed by atoms with van der Waals surface area (Å²) in [6.07, 6.45) is 2.07. The molecule has 0 fully saturated rings. The van der Waals surface area contributed by atoms with E-state index in [2.05, 4.69) is 29.8 Å². The topological polar surface area (TPSA) is 14.2 Å². The minimum Gasteiger partial charge on any atom is -0.486 e. The lowest BCUT2D eigenvalue weighted by Gasteiger charge is -2.06. The summed E-state index contributed by atoms with van der Waals surface area (Å²) >= 11 is 0. The molecule has 0 bridgehead atoms. The molecule has 3 rings (SSSR count). The van der Waals surface area contributed by atoms with Gasteiger partial charge in [-0.2, -0.15) is 0 Å². The molecule has 1 aromatic heterocycles. The fourth-order valence-electron chi connectivity index (χ4n) is 2.42. The molecule has 0 aliphatic carbocycles. The molecule has 0 amide bonds. The Labute approximate surface area is 117 Å². The first kappa shape index (κ1) is 12.7. The number of para-hydroxylation sites is 2. The van der Waals surface area contributed by atoms with Gasteiger partial charge in [0.1, 0.15) is 6.61 Å². The maximum Gasteiger partial charge on any atom is 0.165 e. The molecule has 102 valence electrons. The van der Waals surface area contributed by atoms with Gasteiger partial charge in [-0.25, -0.2) is 4.39 Å². The third kappa shape index (κ3) is 2.27. The van der Waals surface area contributed by atoms with Crippen LogP contribution >= 0.6 is 0 Å². The van der Waals surface area contributed by atoms with E-state index in [4.69, 9.17) is 4.74 Å². The molecular weight excluding hydrogens is 253 g/mol. The minimum absolute atomic E-state index is 0.292. The highest BCUT2D eigenvalue weighted by atomic mass is 19.1. The summed E-state index contributed by atoms with van der Waals surface area (Å²) in [5.74, 6) is -0.0347. The summed E-state index contributed by atoms with van der Waals surface area (Å²) in [4.78, 5) is 0. The number of aryl methyl sites for hydroxylation is 1. The Balaban J connectivity index is 1.90. The van der Waals surface area contributed by atoms with Crippen LogP contribution in [0.5, 0.6) is 5.75 Å². The molecule has 0 N–H and O–H groups in total. The normalized spacial score (nSPS) is 10.9. The van der Waals surface area contributed by atoms with Crippen LogP contribution in [-0.2, 0) is 13.2 Å². The molecule has 20 heavy (non-hydrogen) atoms. The van der Waals surface area contributed by atoms with Gasteiger partial charge in [0.05, 0.1) is 0 Å². The summed E-state index contributed by atoms with van der Waals surface area (Å²) in [6, 6.07) is 14.7. The first-order chi connectivity index (χ1) is 9.79. The first-order valence-electron chi connectivity index (χ1n) is 6.73. The van der Waals surface area contributed by atoms with E-state index in [1.165, 1.54) is 11.6 Å². The number of aromatic nitrogens is 1. The zero-order valence-electron chi connectivity index (χ0n) is 11.3. The molecule has 3 aromatic rings. The molecule has 0 spiro atoms. The van der Waals surface area contributed by atoms with Gasteiger partial charge in [-0.15, -0.1) is 0 Å². The Morgan fingerprint density at radius 1 is 1.05 bits per heavy atom. The van der Waals surface area contributed by atoms with Crippen LogP contribution in [-0.4, -0.2) is 4.57 Å². The van der Waals surface area contributed by atoms with Crippen molar-refractivity contribution in [3.05, 3.63) is 66.1 Å². The van der Waals surface area contributed by atoms with Crippen molar-refractivity contribution in [3.8, 4) is 5.75 Å². The van der Waals surface area contributed by atoms with Crippen LogP contribution in [0, 0.1) is 5.82 Å². The van der Waals surface area contributed by atoms with Crippen molar-refractivity contribution in [1.82, 2.24) is 4.57 Å². The van der Waals surface area contributed by atoms with Crippen molar-refractivity contribution in [3.63, 3.8) is 0 Å². The lowest BCUT2D eigenvalue weighted by Crippen LogP contribution is -1.96. The highest BCUT2D eigenvalue weighted by molar-refractivity contribution is 5.83. The number of hydrogen-bond acceptors (Lipinski definition) is 1. The van der Waals surface area contributed by atoms with Gasteiger partial charge >= 0.3 is 0 Å². The van der Waals surface area contributed by atoms with Crippen LogP contribution in [0.4, 0.5) is 4.39 Å². The third-order valence-corrected chi connectivity index (χ3v) is 3.43. The number of benzene rings is 2. The van der Waals surface area contributed by atoms with Gasteiger partial charge in [0.15, 0.2) is 11.6 Å². The summed E-state index contributed by atoms with van der Waals surface area (Å²) in [5, 5.41) is 1.16. The lowest BCUT2D eigenvalue weighted by atomic mass is 10.2. The fraction of sp³-hybridized carbons (Fsp3) is 0.176. The van der Waals surface area contributed by atoms with E-state index in [-0.39, 0.29) is 5.82 Å². The SMILES string of the molecule is CCn1cc(COc2ccccc2F)c2ccccc21. The van der Waals surface area contributed by atoms with Crippen LogP contribution in [0.1, 0.15) is 12.5 Å². The number of ether oxygens (including phenoxy) is 1. The van der Waals surface area contributed by atoms with E-state index in [1.54, 1.807) is 18.2 Å². The molecular formula is C17H16FNO. The van der Waals surface area contributed by atoms with Gasteiger partial charge in [0, 0.05) is 29.2 Å². The average molecular weight is 269 g/mol. The van der Waals surface area contributed by atoms with Crippen molar-refractivity contribution < 1.29 is 9.13 Å². The molecule has 1 heterocycles. The number of rotatable bonds is 4. The minimum atomic E-state index is -0.327. The standard InChI is InChI=1S/C17H16FNO/c1-2-19-11-13(14-7-3-5-9-16(14)19)12-20-17-10-6-4-8-15(17)18/h3-11H,2,12H2,1H3. The molecule has 3 heteroatoms. The van der Waals surface area contributed by atoms with Gasteiger partial charge in [-0.05, 0) is 25.1 Å². The third-order valence-electron chi connectivity index (χ3n) is 3.43. The van der Waals surface area contributed by atoms with E-state index in [0.717, 1.165) is 17.5 Å². The van der Waals surface area contributed by atoms with Crippen LogP contribution in [0.2, 0.25) is 0 Å². The van der Waals surface area contributed by atoms with Gasteiger partial charge in [-0.3, -0.25) is 0 Å². The predicted molar refractivity (Wildman–Crippen MR) is 78.3 cm³/mol. The average Bonchev–Trinajstić information content (AvgIpc) is 2.85. The highest BCUT2D eigenvalue weighted by Gasteiger charge is 2.08. The second-order valence-electron chi connectivity index (χ2n) is 4.68. The van der Waals surface area contributed by atoms with E-state index < -0.39 is 0 Å². The van der Waals surface area contributed by atoms with E-state index in [0.29, 0.717) is 12.4 Å². The Morgan fingerprint density at radius 2 is 1.80 bits per heavy atom. The van der Waals surface area contributed by atoms with Crippen molar-refractivity contribution in [2.45, 2.75) is 20.1 Å². The number of hydrogen-bond donors (Lipinski definition) is 0. The summed E-state index contributed by atoms with van der Waals surface area (Å²) in [6.45, 7) is 3.38. The van der Waals surface area contributed by atoms with Crippen molar-refractivity contribution in [1.29, 1.82) is 0 Å². The first-order valence-corrected chi connectivity index (χ1v) is 6.73. The number of halogens is 1. The maximum atomic E-state index is 13.5. The van der Waals surface area contributed by atoms with Crippen molar-refractivity contribution in [2.24, 2.45) is 0 Å². The fourth-order valence-corrected chi connectivity index (χ4v) is 2.42. The molecule has 0 radical (unpaired) electrons. The predicted octanol–water partition coefficient (Wildman–Crippen LogP) is 4.38. The van der Waals surface area contributed by atoms with E-state index in [9.17, 15) is 4.39 Å². The number of fused-ring (bicyclic) bond motifs is 1. The largest absolute Gasteiger partial charge is 0.486 e. The van der Waals surface area contributed by atoms with Crippen molar-refractivity contribution in [2.75, 3.05) is 0 Å². The monoisotopic (exact) mass is 269 g/mol. The second-order valence-corrected chi connectivity index (χ2v) is 4.68. The molecule has 0 saturated carbocycles. The van der Waals surface area contributed by atoms with Gasteiger partial charge in [0.2, 0.25) is 0 Å². The summed E-state index contributed by atoms with van der Waals surface area (Å²) < 4.78 is 21.3. The second kappa shape index (κ2) is 5.37. The van der Waals surface area contributed by atoms with E-state index in [1.807, 2.05) is 12.1 Å². The van der Waals surface area contributed by atoms with Gasteiger partial charge < -0.3 is 9.30 Å². The van der Waals surface area contributed by atoms with Crippen LogP contribution < -0.4 is 4.74 Å². The van der Waals surface area contributed by atoms with Crippen LogP contribution in [0.3, 0.4) is 0 Å². The van der Waals surface area contributed by atoms with Gasteiger partial charge in [-0.1, -0.05) is 30.3 Å². The molecule has 0 saturated heterocycles. The molecule has 0 aliphatic heterocycles. The Kier molecular flexibility index (Phi) is 3.42. The maximum absolute atomic E-state index is 13.5. The lowest BCUT2D eigenvalue weighted by molar-refractivity contribution is 0.291.